The Kier molecular flexibility index (Phi) is 7.09. The molecule has 0 spiro atoms. The number of rotatable bonds is 8. The van der Waals surface area contributed by atoms with Crippen LogP contribution in [0.4, 0.5) is 5.69 Å². The van der Waals surface area contributed by atoms with Gasteiger partial charge in [0.05, 0.1) is 6.61 Å². The molecule has 0 aliphatic carbocycles. The second kappa shape index (κ2) is 8.59. The van der Waals surface area contributed by atoms with Crippen molar-refractivity contribution in [3.05, 3.63) is 29.3 Å². The summed E-state index contributed by atoms with van der Waals surface area (Å²) in [6, 6.07) is 5.82. The maximum absolute atomic E-state index is 12.5. The molecule has 0 saturated heterocycles. The van der Waals surface area contributed by atoms with Crippen molar-refractivity contribution in [1.82, 2.24) is 4.90 Å². The standard InChI is InChI=1S/C16H26N2O2/c1-4-8-17-14-6-7-15(13(3)12-14)16(20)18(9-5-2)10-11-19/h6-7,12,17,19H,4-5,8-11H2,1-3H3. The molecule has 0 aromatic heterocycles. The molecule has 0 atom stereocenters. The van der Waals surface area contributed by atoms with Crippen molar-refractivity contribution >= 4 is 11.6 Å². The number of aliphatic hydroxyl groups excluding tert-OH is 1. The van der Waals surface area contributed by atoms with E-state index >= 15 is 0 Å². The van der Waals surface area contributed by atoms with Crippen LogP contribution in [-0.4, -0.2) is 42.2 Å². The first-order chi connectivity index (χ1) is 9.63. The van der Waals surface area contributed by atoms with Crippen LogP contribution >= 0.6 is 0 Å². The Morgan fingerprint density at radius 3 is 2.55 bits per heavy atom. The summed E-state index contributed by atoms with van der Waals surface area (Å²) in [6.45, 7) is 8.10. The monoisotopic (exact) mass is 278 g/mol. The fourth-order valence-electron chi connectivity index (χ4n) is 2.16. The van der Waals surface area contributed by atoms with Gasteiger partial charge in [0.15, 0.2) is 0 Å². The lowest BCUT2D eigenvalue weighted by molar-refractivity contribution is 0.0721. The maximum Gasteiger partial charge on any atom is 0.254 e. The van der Waals surface area contributed by atoms with Gasteiger partial charge in [0.2, 0.25) is 0 Å². The number of nitrogens with one attached hydrogen (secondary N) is 1. The molecule has 1 aromatic rings. The van der Waals surface area contributed by atoms with E-state index in [1.165, 1.54) is 0 Å². The Balaban J connectivity index is 2.86. The van der Waals surface area contributed by atoms with Crippen molar-refractivity contribution in [2.75, 3.05) is 31.6 Å². The number of hydrogen-bond donors (Lipinski definition) is 2. The van der Waals surface area contributed by atoms with Gasteiger partial charge in [-0.25, -0.2) is 0 Å². The SMILES string of the molecule is CCCNc1ccc(C(=O)N(CCC)CCO)c(C)c1. The molecule has 0 bridgehead atoms. The molecule has 20 heavy (non-hydrogen) atoms. The molecular formula is C16H26N2O2. The number of amides is 1. The minimum absolute atomic E-state index is 0.000409. The minimum atomic E-state index is 0.000409. The molecular weight excluding hydrogens is 252 g/mol. The zero-order valence-corrected chi connectivity index (χ0v) is 12.8. The van der Waals surface area contributed by atoms with E-state index in [0.29, 0.717) is 18.7 Å². The Hall–Kier alpha value is -1.55. The van der Waals surface area contributed by atoms with Gasteiger partial charge in [-0.3, -0.25) is 4.79 Å². The summed E-state index contributed by atoms with van der Waals surface area (Å²) in [5.74, 6) is 0.000409. The number of aliphatic hydroxyl groups is 1. The predicted molar refractivity (Wildman–Crippen MR) is 83.2 cm³/mol. The fraction of sp³-hybridized carbons (Fsp3) is 0.562. The van der Waals surface area contributed by atoms with Gasteiger partial charge in [-0.2, -0.15) is 0 Å². The summed E-state index contributed by atoms with van der Waals surface area (Å²) < 4.78 is 0. The van der Waals surface area contributed by atoms with Crippen molar-refractivity contribution in [3.63, 3.8) is 0 Å². The third-order valence-electron chi connectivity index (χ3n) is 3.19. The van der Waals surface area contributed by atoms with Crippen molar-refractivity contribution in [1.29, 1.82) is 0 Å². The molecule has 112 valence electrons. The van der Waals surface area contributed by atoms with Gasteiger partial charge in [-0.15, -0.1) is 0 Å². The molecule has 4 nitrogen and oxygen atoms in total. The third-order valence-corrected chi connectivity index (χ3v) is 3.19. The highest BCUT2D eigenvalue weighted by Crippen LogP contribution is 2.17. The summed E-state index contributed by atoms with van der Waals surface area (Å²) in [7, 11) is 0. The predicted octanol–water partition coefficient (Wildman–Crippen LogP) is 2.66. The lowest BCUT2D eigenvalue weighted by atomic mass is 10.1. The lowest BCUT2D eigenvalue weighted by Crippen LogP contribution is -2.34. The molecule has 1 amide bonds. The van der Waals surface area contributed by atoms with Crippen LogP contribution in [0.25, 0.3) is 0 Å². The van der Waals surface area contributed by atoms with Crippen LogP contribution < -0.4 is 5.32 Å². The molecule has 2 N–H and O–H groups in total. The molecule has 1 rings (SSSR count). The van der Waals surface area contributed by atoms with Crippen LogP contribution in [0, 0.1) is 6.92 Å². The summed E-state index contributed by atoms with van der Waals surface area (Å²) in [5, 5.41) is 12.4. The van der Waals surface area contributed by atoms with E-state index in [-0.39, 0.29) is 12.5 Å². The molecule has 0 saturated carbocycles. The van der Waals surface area contributed by atoms with E-state index in [2.05, 4.69) is 12.2 Å². The molecule has 0 heterocycles. The van der Waals surface area contributed by atoms with Gasteiger partial charge in [0.1, 0.15) is 0 Å². The second-order valence-corrected chi connectivity index (χ2v) is 4.97. The fourth-order valence-corrected chi connectivity index (χ4v) is 2.16. The van der Waals surface area contributed by atoms with Gasteiger partial charge in [0, 0.05) is 30.9 Å². The molecule has 0 unspecified atom stereocenters. The van der Waals surface area contributed by atoms with Gasteiger partial charge >= 0.3 is 0 Å². The summed E-state index contributed by atoms with van der Waals surface area (Å²) in [4.78, 5) is 14.2. The molecule has 1 aromatic carbocycles. The third kappa shape index (κ3) is 4.53. The topological polar surface area (TPSA) is 52.6 Å². The van der Waals surface area contributed by atoms with Crippen LogP contribution in [0.2, 0.25) is 0 Å². The first-order valence-corrected chi connectivity index (χ1v) is 7.38. The van der Waals surface area contributed by atoms with Crippen LogP contribution in [0.1, 0.15) is 42.6 Å². The van der Waals surface area contributed by atoms with Gasteiger partial charge in [0.25, 0.3) is 5.91 Å². The van der Waals surface area contributed by atoms with E-state index < -0.39 is 0 Å². The number of aryl methyl sites for hydroxylation is 1. The molecule has 0 aliphatic heterocycles. The lowest BCUT2D eigenvalue weighted by Gasteiger charge is -2.22. The minimum Gasteiger partial charge on any atom is -0.395 e. The number of benzene rings is 1. The van der Waals surface area contributed by atoms with Crippen molar-refractivity contribution < 1.29 is 9.90 Å². The molecule has 4 heteroatoms. The Morgan fingerprint density at radius 2 is 2.00 bits per heavy atom. The van der Waals surface area contributed by atoms with Gasteiger partial charge in [-0.1, -0.05) is 13.8 Å². The zero-order chi connectivity index (χ0) is 15.0. The Morgan fingerprint density at radius 1 is 1.25 bits per heavy atom. The normalized spacial score (nSPS) is 10.4. The zero-order valence-electron chi connectivity index (χ0n) is 12.8. The summed E-state index contributed by atoms with van der Waals surface area (Å²) in [5.41, 5.74) is 2.73. The van der Waals surface area contributed by atoms with Crippen molar-refractivity contribution in [2.45, 2.75) is 33.6 Å². The van der Waals surface area contributed by atoms with Crippen LogP contribution in [0.3, 0.4) is 0 Å². The summed E-state index contributed by atoms with van der Waals surface area (Å²) >= 11 is 0. The van der Waals surface area contributed by atoms with E-state index in [0.717, 1.165) is 30.6 Å². The number of nitrogens with zero attached hydrogens (tertiary/aromatic N) is 1. The van der Waals surface area contributed by atoms with E-state index in [9.17, 15) is 4.79 Å². The van der Waals surface area contributed by atoms with E-state index in [1.54, 1.807) is 4.90 Å². The van der Waals surface area contributed by atoms with Crippen LogP contribution in [-0.2, 0) is 0 Å². The average Bonchev–Trinajstić information content (AvgIpc) is 2.44. The van der Waals surface area contributed by atoms with Gasteiger partial charge < -0.3 is 15.3 Å². The first kappa shape index (κ1) is 16.5. The maximum atomic E-state index is 12.5. The average molecular weight is 278 g/mol. The number of carbonyl (C=O) groups excluding carboxylic acids is 1. The highest BCUT2D eigenvalue weighted by molar-refractivity contribution is 5.96. The summed E-state index contributed by atoms with van der Waals surface area (Å²) in [6.07, 6.45) is 1.96. The number of carbonyl (C=O) groups is 1. The Bertz CT molecular complexity index is 426. The first-order valence-electron chi connectivity index (χ1n) is 7.38. The second-order valence-electron chi connectivity index (χ2n) is 4.97. The number of anilines is 1. The highest BCUT2D eigenvalue weighted by Gasteiger charge is 2.16. The number of hydrogen-bond acceptors (Lipinski definition) is 3. The van der Waals surface area contributed by atoms with Gasteiger partial charge in [-0.05, 0) is 43.5 Å². The van der Waals surface area contributed by atoms with E-state index in [4.69, 9.17) is 5.11 Å². The van der Waals surface area contributed by atoms with Crippen LogP contribution in [0.15, 0.2) is 18.2 Å². The molecule has 0 fully saturated rings. The highest BCUT2D eigenvalue weighted by atomic mass is 16.3. The molecule has 0 aliphatic rings. The smallest absolute Gasteiger partial charge is 0.254 e. The van der Waals surface area contributed by atoms with Crippen molar-refractivity contribution in [3.8, 4) is 0 Å². The Labute approximate surface area is 121 Å². The largest absolute Gasteiger partial charge is 0.395 e. The quantitative estimate of drug-likeness (QED) is 0.768. The van der Waals surface area contributed by atoms with Crippen molar-refractivity contribution in [2.24, 2.45) is 0 Å². The van der Waals surface area contributed by atoms with Crippen LogP contribution in [0.5, 0.6) is 0 Å². The molecule has 0 radical (unpaired) electrons. The van der Waals surface area contributed by atoms with E-state index in [1.807, 2.05) is 32.0 Å².